The third-order valence-corrected chi connectivity index (χ3v) is 3.38. The molecule has 0 fully saturated rings. The van der Waals surface area contributed by atoms with Gasteiger partial charge in [0.25, 0.3) is 0 Å². The van der Waals surface area contributed by atoms with Crippen LogP contribution in [0, 0.1) is 5.41 Å². The van der Waals surface area contributed by atoms with Crippen molar-refractivity contribution in [3.63, 3.8) is 0 Å². The molecular weight excluding hydrogens is 252 g/mol. The monoisotopic (exact) mass is 272 g/mol. The van der Waals surface area contributed by atoms with Crippen molar-refractivity contribution in [3.8, 4) is 0 Å². The summed E-state index contributed by atoms with van der Waals surface area (Å²) in [5.74, 6) is 0.612. The van der Waals surface area contributed by atoms with Crippen LogP contribution in [0.4, 0.5) is 0 Å². The molecule has 3 heteroatoms. The average Bonchev–Trinajstić information content (AvgIpc) is 2.36. The van der Waals surface area contributed by atoms with Gasteiger partial charge in [-0.3, -0.25) is 9.59 Å². The molecule has 3 nitrogen and oxygen atoms in total. The molecule has 1 atom stereocenters. The molecule has 1 aromatic carbocycles. The van der Waals surface area contributed by atoms with Crippen LogP contribution in [-0.4, -0.2) is 17.7 Å². The van der Waals surface area contributed by atoms with Crippen molar-refractivity contribution < 1.29 is 14.3 Å². The number of hydrogen-bond acceptors (Lipinski definition) is 3. The van der Waals surface area contributed by atoms with Gasteiger partial charge in [-0.2, -0.15) is 0 Å². The Morgan fingerprint density at radius 2 is 1.85 bits per heavy atom. The molecule has 0 aromatic heterocycles. The molecule has 0 amide bonds. The van der Waals surface area contributed by atoms with Gasteiger partial charge in [-0.05, 0) is 12.3 Å². The molecule has 20 heavy (non-hydrogen) atoms. The zero-order valence-corrected chi connectivity index (χ0v) is 12.2. The summed E-state index contributed by atoms with van der Waals surface area (Å²) in [6.07, 6.45) is 2.16. The lowest BCUT2D eigenvalue weighted by atomic mass is 9.79. The van der Waals surface area contributed by atoms with Crippen molar-refractivity contribution in [2.45, 2.75) is 39.7 Å². The predicted molar refractivity (Wildman–Crippen MR) is 77.4 cm³/mol. The van der Waals surface area contributed by atoms with Crippen molar-refractivity contribution in [3.05, 3.63) is 47.7 Å². The van der Waals surface area contributed by atoms with Crippen molar-refractivity contribution in [1.29, 1.82) is 0 Å². The maximum absolute atomic E-state index is 12.2. The molecule has 0 N–H and O–H groups in total. The molecule has 0 bridgehead atoms. The lowest BCUT2D eigenvalue weighted by Gasteiger charge is -2.29. The summed E-state index contributed by atoms with van der Waals surface area (Å²) < 4.78 is 5.70. The van der Waals surface area contributed by atoms with E-state index in [-0.39, 0.29) is 17.0 Å². The Balaban J connectivity index is 2.07. The highest BCUT2D eigenvalue weighted by Crippen LogP contribution is 2.34. The minimum absolute atomic E-state index is 0.0654. The van der Waals surface area contributed by atoms with Gasteiger partial charge in [0.15, 0.2) is 11.9 Å². The van der Waals surface area contributed by atoms with Crippen LogP contribution in [0.1, 0.15) is 44.0 Å². The van der Waals surface area contributed by atoms with Crippen LogP contribution in [0.5, 0.6) is 0 Å². The Hall–Kier alpha value is -1.90. The Morgan fingerprint density at radius 1 is 1.20 bits per heavy atom. The van der Waals surface area contributed by atoms with Crippen LogP contribution in [0.25, 0.3) is 0 Å². The minimum atomic E-state index is -0.578. The van der Waals surface area contributed by atoms with Crippen molar-refractivity contribution in [1.82, 2.24) is 0 Å². The maximum Gasteiger partial charge on any atom is 0.202 e. The second kappa shape index (κ2) is 5.61. The first-order valence-corrected chi connectivity index (χ1v) is 6.87. The molecule has 1 aromatic rings. The van der Waals surface area contributed by atoms with Crippen LogP contribution >= 0.6 is 0 Å². The number of carbonyl (C=O) groups is 2. The van der Waals surface area contributed by atoms with E-state index < -0.39 is 6.10 Å². The first-order valence-electron chi connectivity index (χ1n) is 6.87. The lowest BCUT2D eigenvalue weighted by Crippen LogP contribution is -2.27. The number of benzene rings is 1. The highest BCUT2D eigenvalue weighted by atomic mass is 16.5. The third-order valence-electron chi connectivity index (χ3n) is 3.38. The van der Waals surface area contributed by atoms with Crippen molar-refractivity contribution in [2.24, 2.45) is 5.41 Å². The molecule has 0 saturated carbocycles. The van der Waals surface area contributed by atoms with Crippen LogP contribution in [0.3, 0.4) is 0 Å². The summed E-state index contributed by atoms with van der Waals surface area (Å²) in [6, 6.07) is 9.06. The lowest BCUT2D eigenvalue weighted by molar-refractivity contribution is -0.117. The normalized spacial score (nSPS) is 19.1. The van der Waals surface area contributed by atoms with Gasteiger partial charge in [0.2, 0.25) is 5.78 Å². The highest BCUT2D eigenvalue weighted by Gasteiger charge is 2.30. The van der Waals surface area contributed by atoms with Crippen LogP contribution in [0.2, 0.25) is 0 Å². The number of hydrogen-bond donors (Lipinski definition) is 0. The number of allylic oxidation sites excluding steroid dienone is 2. The number of ketones is 2. The number of rotatable bonds is 4. The third kappa shape index (κ3) is 3.56. The topological polar surface area (TPSA) is 43.4 Å². The van der Waals surface area contributed by atoms with Crippen LogP contribution < -0.4 is 0 Å². The highest BCUT2D eigenvalue weighted by molar-refractivity contribution is 5.99. The largest absolute Gasteiger partial charge is 0.487 e. The molecular formula is C17H20O3. The van der Waals surface area contributed by atoms with E-state index in [0.29, 0.717) is 24.2 Å². The summed E-state index contributed by atoms with van der Waals surface area (Å²) in [7, 11) is 0. The molecule has 0 unspecified atom stereocenters. The van der Waals surface area contributed by atoms with Gasteiger partial charge in [0.1, 0.15) is 5.76 Å². The van der Waals surface area contributed by atoms with Gasteiger partial charge in [0.05, 0.1) is 0 Å². The molecule has 0 heterocycles. The predicted octanol–water partition coefficient (Wildman–Crippen LogP) is 3.55. The van der Waals surface area contributed by atoms with E-state index in [1.54, 1.807) is 19.1 Å². The van der Waals surface area contributed by atoms with Crippen molar-refractivity contribution >= 4 is 11.6 Å². The summed E-state index contributed by atoms with van der Waals surface area (Å²) in [4.78, 5) is 23.9. The average molecular weight is 272 g/mol. The van der Waals surface area contributed by atoms with Gasteiger partial charge >= 0.3 is 0 Å². The van der Waals surface area contributed by atoms with Crippen LogP contribution in [-0.2, 0) is 9.53 Å². The molecule has 2 rings (SSSR count). The summed E-state index contributed by atoms with van der Waals surface area (Å²) in [5, 5.41) is 0. The van der Waals surface area contributed by atoms with Crippen LogP contribution in [0.15, 0.2) is 42.2 Å². The van der Waals surface area contributed by atoms with E-state index in [0.717, 1.165) is 0 Å². The quantitative estimate of drug-likeness (QED) is 0.787. The van der Waals surface area contributed by atoms with E-state index in [1.165, 1.54) is 6.08 Å². The van der Waals surface area contributed by atoms with E-state index in [9.17, 15) is 9.59 Å². The van der Waals surface area contributed by atoms with Gasteiger partial charge in [-0.25, -0.2) is 0 Å². The molecule has 0 radical (unpaired) electrons. The van der Waals surface area contributed by atoms with E-state index >= 15 is 0 Å². The standard InChI is InChI=1S/C17H20O3/c1-12(16(19)13-7-5-4-6-8-13)20-15-9-14(18)10-17(2,3)11-15/h4-9,12H,10-11H2,1-3H3/t12-/m1/s1. The molecule has 0 spiro atoms. The summed E-state index contributed by atoms with van der Waals surface area (Å²) in [6.45, 7) is 5.79. The summed E-state index contributed by atoms with van der Waals surface area (Å²) in [5.41, 5.74) is 0.526. The first-order chi connectivity index (χ1) is 9.37. The maximum atomic E-state index is 12.2. The second-order valence-electron chi connectivity index (χ2n) is 6.09. The zero-order valence-electron chi connectivity index (χ0n) is 12.2. The number of carbonyl (C=O) groups excluding carboxylic acids is 2. The first kappa shape index (κ1) is 14.5. The summed E-state index contributed by atoms with van der Waals surface area (Å²) >= 11 is 0. The fourth-order valence-electron chi connectivity index (χ4n) is 2.48. The SMILES string of the molecule is C[C@@H](OC1=CC(=O)CC(C)(C)C1)C(=O)c1ccccc1. The Labute approximate surface area is 119 Å². The van der Waals surface area contributed by atoms with Gasteiger partial charge in [-0.1, -0.05) is 44.2 Å². The van der Waals surface area contributed by atoms with Gasteiger partial charge in [0, 0.05) is 24.5 Å². The smallest absolute Gasteiger partial charge is 0.202 e. The van der Waals surface area contributed by atoms with Gasteiger partial charge < -0.3 is 4.74 Å². The van der Waals surface area contributed by atoms with Gasteiger partial charge in [-0.15, -0.1) is 0 Å². The molecule has 0 saturated heterocycles. The Morgan fingerprint density at radius 3 is 2.45 bits per heavy atom. The fourth-order valence-corrected chi connectivity index (χ4v) is 2.48. The van der Waals surface area contributed by atoms with Crippen molar-refractivity contribution in [2.75, 3.05) is 0 Å². The number of ether oxygens (including phenoxy) is 1. The van der Waals surface area contributed by atoms with E-state index in [4.69, 9.17) is 4.74 Å². The second-order valence-corrected chi connectivity index (χ2v) is 6.09. The number of Topliss-reactive ketones (excluding diaryl/α,β-unsaturated/α-hetero) is 1. The molecule has 1 aliphatic carbocycles. The zero-order chi connectivity index (χ0) is 14.8. The Kier molecular flexibility index (Phi) is 4.07. The molecule has 1 aliphatic rings. The van der Waals surface area contributed by atoms with E-state index in [2.05, 4.69) is 0 Å². The molecule has 106 valence electrons. The molecule has 0 aliphatic heterocycles. The fraction of sp³-hybridized carbons (Fsp3) is 0.412. The minimum Gasteiger partial charge on any atom is -0.487 e. The van der Waals surface area contributed by atoms with E-state index in [1.807, 2.05) is 32.0 Å². The Bertz CT molecular complexity index is 541.